The standard InChI is InChI=1S/C18H20N2O5S/c1-20(26(22,23)15-6-3-2-4-7-15)13-18(21)19-14-8-9-16-17(12-14)25-11-5-10-24-16/h2-4,6-9,12H,5,10-11,13H2,1H3,(H,19,21). The molecule has 0 aliphatic carbocycles. The van der Waals surface area contributed by atoms with Crippen molar-refractivity contribution in [3.05, 3.63) is 48.5 Å². The molecule has 7 nitrogen and oxygen atoms in total. The van der Waals surface area contributed by atoms with Crippen LogP contribution in [-0.2, 0) is 14.8 Å². The van der Waals surface area contributed by atoms with Gasteiger partial charge in [0.15, 0.2) is 11.5 Å². The number of likely N-dealkylation sites (N-methyl/N-ethyl adjacent to an activating group) is 1. The van der Waals surface area contributed by atoms with Crippen LogP contribution in [0.4, 0.5) is 5.69 Å². The highest BCUT2D eigenvalue weighted by atomic mass is 32.2. The fourth-order valence-electron chi connectivity index (χ4n) is 2.50. The summed E-state index contributed by atoms with van der Waals surface area (Å²) in [6, 6.07) is 13.1. The van der Waals surface area contributed by atoms with Gasteiger partial charge in [-0.05, 0) is 24.3 Å². The van der Waals surface area contributed by atoms with Crippen molar-refractivity contribution >= 4 is 21.6 Å². The summed E-state index contributed by atoms with van der Waals surface area (Å²) in [6.07, 6.45) is 0.790. The van der Waals surface area contributed by atoms with E-state index in [0.29, 0.717) is 30.4 Å². The second-order valence-corrected chi connectivity index (χ2v) is 7.88. The molecule has 0 spiro atoms. The van der Waals surface area contributed by atoms with Crippen LogP contribution in [0, 0.1) is 0 Å². The fraction of sp³-hybridized carbons (Fsp3) is 0.278. The lowest BCUT2D eigenvalue weighted by Gasteiger charge is -2.17. The molecule has 26 heavy (non-hydrogen) atoms. The third kappa shape index (κ3) is 4.14. The van der Waals surface area contributed by atoms with E-state index in [1.165, 1.54) is 19.2 Å². The largest absolute Gasteiger partial charge is 0.490 e. The first-order valence-electron chi connectivity index (χ1n) is 8.18. The number of rotatable bonds is 5. The summed E-state index contributed by atoms with van der Waals surface area (Å²) in [6.45, 7) is 0.828. The maximum Gasteiger partial charge on any atom is 0.243 e. The number of hydrogen-bond donors (Lipinski definition) is 1. The van der Waals surface area contributed by atoms with Crippen molar-refractivity contribution in [1.29, 1.82) is 0 Å². The zero-order valence-corrected chi connectivity index (χ0v) is 15.2. The molecule has 1 aliphatic heterocycles. The van der Waals surface area contributed by atoms with E-state index in [1.807, 2.05) is 0 Å². The minimum absolute atomic E-state index is 0.144. The molecule has 0 fully saturated rings. The lowest BCUT2D eigenvalue weighted by molar-refractivity contribution is -0.116. The van der Waals surface area contributed by atoms with Crippen LogP contribution >= 0.6 is 0 Å². The van der Waals surface area contributed by atoms with E-state index in [4.69, 9.17) is 9.47 Å². The van der Waals surface area contributed by atoms with Gasteiger partial charge in [-0.1, -0.05) is 18.2 Å². The Morgan fingerprint density at radius 1 is 1.08 bits per heavy atom. The van der Waals surface area contributed by atoms with Crippen LogP contribution in [0.2, 0.25) is 0 Å². The maximum absolute atomic E-state index is 12.5. The predicted octanol–water partition coefficient (Wildman–Crippen LogP) is 2.11. The van der Waals surface area contributed by atoms with Gasteiger partial charge in [-0.3, -0.25) is 4.79 Å². The topological polar surface area (TPSA) is 84.9 Å². The Hall–Kier alpha value is -2.58. The average molecular weight is 376 g/mol. The third-order valence-electron chi connectivity index (χ3n) is 3.85. The Morgan fingerprint density at radius 2 is 1.77 bits per heavy atom. The third-order valence-corrected chi connectivity index (χ3v) is 5.67. The van der Waals surface area contributed by atoms with E-state index in [2.05, 4.69) is 5.32 Å². The van der Waals surface area contributed by atoms with Crippen molar-refractivity contribution in [2.75, 3.05) is 32.1 Å². The first kappa shape index (κ1) is 18.2. The number of sulfonamides is 1. The first-order chi connectivity index (χ1) is 12.5. The van der Waals surface area contributed by atoms with E-state index in [0.717, 1.165) is 10.7 Å². The van der Waals surface area contributed by atoms with Crippen molar-refractivity contribution in [1.82, 2.24) is 4.31 Å². The summed E-state index contributed by atoms with van der Waals surface area (Å²) in [5.74, 6) is 0.747. The van der Waals surface area contributed by atoms with Crippen LogP contribution in [0.3, 0.4) is 0 Å². The van der Waals surface area contributed by atoms with Crippen molar-refractivity contribution in [3.63, 3.8) is 0 Å². The number of anilines is 1. The van der Waals surface area contributed by atoms with Gasteiger partial charge in [0.25, 0.3) is 0 Å². The van der Waals surface area contributed by atoms with E-state index >= 15 is 0 Å². The summed E-state index contributed by atoms with van der Waals surface area (Å²) in [5.41, 5.74) is 0.518. The zero-order valence-electron chi connectivity index (χ0n) is 14.3. The second-order valence-electron chi connectivity index (χ2n) is 5.83. The maximum atomic E-state index is 12.5. The van der Waals surface area contributed by atoms with Gasteiger partial charge in [0.05, 0.1) is 24.7 Å². The summed E-state index contributed by atoms with van der Waals surface area (Å²) in [4.78, 5) is 12.4. The number of hydrogen-bond acceptors (Lipinski definition) is 5. The lowest BCUT2D eigenvalue weighted by atomic mass is 10.2. The van der Waals surface area contributed by atoms with E-state index in [-0.39, 0.29) is 11.4 Å². The molecule has 0 saturated heterocycles. The van der Waals surface area contributed by atoms with Gasteiger partial charge in [0.2, 0.25) is 15.9 Å². The van der Waals surface area contributed by atoms with E-state index in [1.54, 1.807) is 36.4 Å². The minimum atomic E-state index is -3.72. The molecule has 0 bridgehead atoms. The van der Waals surface area contributed by atoms with Crippen LogP contribution in [0.25, 0.3) is 0 Å². The Balaban J connectivity index is 1.66. The molecule has 1 amide bonds. The molecule has 2 aromatic carbocycles. The van der Waals surface area contributed by atoms with Crippen molar-refractivity contribution in [3.8, 4) is 11.5 Å². The molecule has 0 aromatic heterocycles. The second kappa shape index (κ2) is 7.76. The van der Waals surface area contributed by atoms with Crippen molar-refractivity contribution in [2.24, 2.45) is 0 Å². The molecule has 0 unspecified atom stereocenters. The predicted molar refractivity (Wildman–Crippen MR) is 96.9 cm³/mol. The number of amides is 1. The average Bonchev–Trinajstić information content (AvgIpc) is 2.87. The molecule has 0 saturated carbocycles. The Bertz CT molecular complexity index is 884. The summed E-state index contributed by atoms with van der Waals surface area (Å²) >= 11 is 0. The lowest BCUT2D eigenvalue weighted by Crippen LogP contribution is -2.34. The highest BCUT2D eigenvalue weighted by Gasteiger charge is 2.23. The first-order valence-corrected chi connectivity index (χ1v) is 9.62. The Labute approximate surface area is 152 Å². The Morgan fingerprint density at radius 3 is 2.50 bits per heavy atom. The molecule has 0 radical (unpaired) electrons. The van der Waals surface area contributed by atoms with Gasteiger partial charge in [-0.15, -0.1) is 0 Å². The van der Waals surface area contributed by atoms with Gasteiger partial charge >= 0.3 is 0 Å². The van der Waals surface area contributed by atoms with Crippen LogP contribution in [0.15, 0.2) is 53.4 Å². The highest BCUT2D eigenvalue weighted by Crippen LogP contribution is 2.32. The number of fused-ring (bicyclic) bond motifs is 1. The quantitative estimate of drug-likeness (QED) is 0.864. The van der Waals surface area contributed by atoms with Gasteiger partial charge in [-0.25, -0.2) is 8.42 Å². The Kier molecular flexibility index (Phi) is 5.43. The number of benzene rings is 2. The molecule has 1 N–H and O–H groups in total. The van der Waals surface area contributed by atoms with Crippen LogP contribution in [-0.4, -0.2) is 45.4 Å². The van der Waals surface area contributed by atoms with Crippen molar-refractivity contribution < 1.29 is 22.7 Å². The summed E-state index contributed by atoms with van der Waals surface area (Å²) < 4.78 is 37.1. The van der Waals surface area contributed by atoms with Crippen LogP contribution < -0.4 is 14.8 Å². The van der Waals surface area contributed by atoms with E-state index in [9.17, 15) is 13.2 Å². The fourth-order valence-corrected chi connectivity index (χ4v) is 3.65. The molecule has 2 aromatic rings. The molecular weight excluding hydrogens is 356 g/mol. The molecule has 138 valence electrons. The molecule has 3 rings (SSSR count). The van der Waals surface area contributed by atoms with Crippen molar-refractivity contribution in [2.45, 2.75) is 11.3 Å². The summed E-state index contributed by atoms with van der Waals surface area (Å²) in [5, 5.41) is 2.69. The number of nitrogens with one attached hydrogen (secondary N) is 1. The number of carbonyl (C=O) groups is 1. The highest BCUT2D eigenvalue weighted by molar-refractivity contribution is 7.89. The van der Waals surface area contributed by atoms with E-state index < -0.39 is 15.9 Å². The molecule has 1 heterocycles. The van der Waals surface area contributed by atoms with Crippen LogP contribution in [0.5, 0.6) is 11.5 Å². The molecule has 1 aliphatic rings. The number of nitrogens with zero attached hydrogens (tertiary/aromatic N) is 1. The number of carbonyl (C=O) groups excluding carboxylic acids is 1. The zero-order chi connectivity index (χ0) is 18.6. The summed E-state index contributed by atoms with van der Waals surface area (Å²) in [7, 11) is -2.35. The molecule has 8 heteroatoms. The smallest absolute Gasteiger partial charge is 0.243 e. The van der Waals surface area contributed by atoms with Gasteiger partial charge in [0.1, 0.15) is 0 Å². The van der Waals surface area contributed by atoms with Gasteiger partial charge in [0, 0.05) is 25.2 Å². The minimum Gasteiger partial charge on any atom is -0.490 e. The monoisotopic (exact) mass is 376 g/mol. The van der Waals surface area contributed by atoms with Gasteiger partial charge < -0.3 is 14.8 Å². The SMILES string of the molecule is CN(CC(=O)Nc1ccc2c(c1)OCCCO2)S(=O)(=O)c1ccccc1. The number of ether oxygens (including phenoxy) is 2. The molecule has 0 atom stereocenters. The van der Waals surface area contributed by atoms with Gasteiger partial charge in [-0.2, -0.15) is 4.31 Å². The normalized spacial score (nSPS) is 13.9. The molecular formula is C18H20N2O5S. The van der Waals surface area contributed by atoms with Crippen LogP contribution in [0.1, 0.15) is 6.42 Å².